The fourth-order valence-corrected chi connectivity index (χ4v) is 1.90. The molecule has 1 rings (SSSR count). The van der Waals surface area contributed by atoms with Crippen LogP contribution < -0.4 is 16.4 Å². The molecule has 20 heavy (non-hydrogen) atoms. The van der Waals surface area contributed by atoms with Crippen molar-refractivity contribution < 1.29 is 9.59 Å². The number of rotatable bonds is 7. The van der Waals surface area contributed by atoms with Crippen molar-refractivity contribution in [1.82, 2.24) is 30.8 Å². The molecule has 1 heterocycles. The fraction of sp³-hybridized carbons (Fsp3) is 0.700. The Kier molecular flexibility index (Phi) is 6.94. The summed E-state index contributed by atoms with van der Waals surface area (Å²) in [6, 6.07) is -0.495. The normalized spacial score (nSPS) is 10.6. The predicted octanol–water partition coefficient (Wildman–Crippen LogP) is -0.794. The lowest BCUT2D eigenvalue weighted by Crippen LogP contribution is -2.41. The van der Waals surface area contributed by atoms with E-state index in [4.69, 9.17) is 5.73 Å². The smallest absolute Gasteiger partial charge is 0.321 e. The van der Waals surface area contributed by atoms with Gasteiger partial charge in [0.15, 0.2) is 0 Å². The van der Waals surface area contributed by atoms with E-state index in [-0.39, 0.29) is 5.75 Å². The molecule has 0 aliphatic heterocycles. The van der Waals surface area contributed by atoms with Crippen molar-refractivity contribution in [3.05, 3.63) is 0 Å². The number of carbonyl (C=O) groups excluding carboxylic acids is 2. The summed E-state index contributed by atoms with van der Waals surface area (Å²) in [5.74, 6) is -0.0234. The monoisotopic (exact) mass is 301 g/mol. The van der Waals surface area contributed by atoms with E-state index in [1.807, 2.05) is 13.8 Å². The number of nitrogens with two attached hydrogens (primary N) is 1. The zero-order valence-corrected chi connectivity index (χ0v) is 12.3. The Balaban J connectivity index is 2.32. The van der Waals surface area contributed by atoms with E-state index in [1.54, 1.807) is 0 Å². The molecule has 0 aliphatic carbocycles. The van der Waals surface area contributed by atoms with Gasteiger partial charge in [0.1, 0.15) is 0 Å². The molecule has 3 amide bonds. The maximum absolute atomic E-state index is 11.6. The summed E-state index contributed by atoms with van der Waals surface area (Å²) in [6.45, 7) is 5.33. The molecule has 0 unspecified atom stereocenters. The number of imide groups is 1. The zero-order chi connectivity index (χ0) is 15.0. The maximum atomic E-state index is 11.6. The highest BCUT2D eigenvalue weighted by atomic mass is 32.2. The molecule has 0 spiro atoms. The first-order valence-corrected chi connectivity index (χ1v) is 7.18. The molecule has 0 aromatic carbocycles. The number of carbonyl (C=O) groups is 2. The van der Waals surface area contributed by atoms with Gasteiger partial charge in [0.25, 0.3) is 0 Å². The lowest BCUT2D eigenvalue weighted by atomic mass is 10.2. The van der Waals surface area contributed by atoms with Crippen molar-refractivity contribution in [2.45, 2.75) is 25.5 Å². The first kappa shape index (κ1) is 16.4. The Labute approximate surface area is 121 Å². The SMILES string of the molecule is CC(C)CNC(=O)NC(=O)CSc1nnnn1CCN. The number of nitrogens with zero attached hydrogens (tertiary/aromatic N) is 4. The minimum absolute atomic E-state index is 0.0556. The molecule has 0 radical (unpaired) electrons. The standard InChI is InChI=1S/C10H19N7O2S/c1-7(2)5-12-9(19)13-8(18)6-20-10-14-15-16-17(10)4-3-11/h7H,3-6,11H2,1-2H3,(H2,12,13,18,19). The molecule has 112 valence electrons. The Bertz CT molecular complexity index is 449. The van der Waals surface area contributed by atoms with Gasteiger partial charge in [-0.25, -0.2) is 9.48 Å². The Morgan fingerprint density at radius 3 is 2.85 bits per heavy atom. The molecule has 0 saturated carbocycles. The summed E-state index contributed by atoms with van der Waals surface area (Å²) in [4.78, 5) is 22.9. The summed E-state index contributed by atoms with van der Waals surface area (Å²) in [5, 5.41) is 16.3. The van der Waals surface area contributed by atoms with Crippen LogP contribution in [0.25, 0.3) is 0 Å². The van der Waals surface area contributed by atoms with Crippen LogP contribution in [0.15, 0.2) is 5.16 Å². The molecular formula is C10H19N7O2S. The summed E-state index contributed by atoms with van der Waals surface area (Å²) < 4.78 is 1.51. The molecule has 0 atom stereocenters. The van der Waals surface area contributed by atoms with E-state index < -0.39 is 11.9 Å². The fourth-order valence-electron chi connectivity index (χ4n) is 1.20. The third-order valence-electron chi connectivity index (χ3n) is 2.10. The third-order valence-corrected chi connectivity index (χ3v) is 3.05. The summed E-state index contributed by atoms with van der Waals surface area (Å²) >= 11 is 1.15. The van der Waals surface area contributed by atoms with Crippen LogP contribution >= 0.6 is 11.8 Å². The van der Waals surface area contributed by atoms with Gasteiger partial charge in [-0.3, -0.25) is 10.1 Å². The highest BCUT2D eigenvalue weighted by Crippen LogP contribution is 2.12. The average Bonchev–Trinajstić information content (AvgIpc) is 2.82. The van der Waals surface area contributed by atoms with Gasteiger partial charge in [-0.05, 0) is 16.3 Å². The predicted molar refractivity (Wildman–Crippen MR) is 74.0 cm³/mol. The van der Waals surface area contributed by atoms with E-state index in [1.165, 1.54) is 4.68 Å². The van der Waals surface area contributed by atoms with Gasteiger partial charge in [-0.2, -0.15) is 0 Å². The maximum Gasteiger partial charge on any atom is 0.321 e. The minimum atomic E-state index is -0.495. The van der Waals surface area contributed by atoms with Gasteiger partial charge >= 0.3 is 6.03 Å². The van der Waals surface area contributed by atoms with Gasteiger partial charge in [-0.1, -0.05) is 25.6 Å². The van der Waals surface area contributed by atoms with Crippen molar-refractivity contribution in [1.29, 1.82) is 0 Å². The van der Waals surface area contributed by atoms with Gasteiger partial charge in [-0.15, -0.1) is 5.10 Å². The molecule has 0 bridgehead atoms. The van der Waals surface area contributed by atoms with Crippen molar-refractivity contribution >= 4 is 23.7 Å². The lowest BCUT2D eigenvalue weighted by molar-refractivity contribution is -0.117. The van der Waals surface area contributed by atoms with Crippen LogP contribution in [0.3, 0.4) is 0 Å². The van der Waals surface area contributed by atoms with E-state index in [2.05, 4.69) is 26.2 Å². The molecule has 0 saturated heterocycles. The number of urea groups is 1. The molecular weight excluding hydrogens is 282 g/mol. The van der Waals surface area contributed by atoms with Crippen LogP contribution in [-0.4, -0.2) is 51.0 Å². The number of hydrogen-bond donors (Lipinski definition) is 3. The number of hydrogen-bond acceptors (Lipinski definition) is 7. The van der Waals surface area contributed by atoms with Crippen molar-refractivity contribution in [3.63, 3.8) is 0 Å². The number of tetrazole rings is 1. The van der Waals surface area contributed by atoms with Gasteiger partial charge in [0.05, 0.1) is 12.3 Å². The lowest BCUT2D eigenvalue weighted by Gasteiger charge is -2.08. The Morgan fingerprint density at radius 2 is 2.20 bits per heavy atom. The summed E-state index contributed by atoms with van der Waals surface area (Å²) in [6.07, 6.45) is 0. The van der Waals surface area contributed by atoms with Gasteiger partial charge in [0, 0.05) is 13.1 Å². The van der Waals surface area contributed by atoms with Crippen LogP contribution in [0.5, 0.6) is 0 Å². The van der Waals surface area contributed by atoms with Gasteiger partial charge in [0.2, 0.25) is 11.1 Å². The van der Waals surface area contributed by atoms with Crippen LogP contribution in [-0.2, 0) is 11.3 Å². The molecule has 1 aromatic heterocycles. The van der Waals surface area contributed by atoms with Gasteiger partial charge < -0.3 is 11.1 Å². The number of aromatic nitrogens is 4. The van der Waals surface area contributed by atoms with Crippen LogP contribution in [0.1, 0.15) is 13.8 Å². The number of thioether (sulfide) groups is 1. The van der Waals surface area contributed by atoms with Crippen molar-refractivity contribution in [3.8, 4) is 0 Å². The van der Waals surface area contributed by atoms with E-state index in [0.717, 1.165) is 11.8 Å². The summed E-state index contributed by atoms with van der Waals surface area (Å²) in [5.41, 5.74) is 5.41. The first-order chi connectivity index (χ1) is 9.52. The van der Waals surface area contributed by atoms with E-state index >= 15 is 0 Å². The topological polar surface area (TPSA) is 128 Å². The molecule has 10 heteroatoms. The Hall–Kier alpha value is -1.68. The molecule has 0 aliphatic rings. The second-order valence-corrected chi connectivity index (χ2v) is 5.36. The molecule has 9 nitrogen and oxygen atoms in total. The van der Waals surface area contributed by atoms with E-state index in [9.17, 15) is 9.59 Å². The highest BCUT2D eigenvalue weighted by molar-refractivity contribution is 7.99. The largest absolute Gasteiger partial charge is 0.338 e. The highest BCUT2D eigenvalue weighted by Gasteiger charge is 2.11. The molecule has 0 fully saturated rings. The van der Waals surface area contributed by atoms with Crippen LogP contribution in [0.2, 0.25) is 0 Å². The van der Waals surface area contributed by atoms with Crippen molar-refractivity contribution in [2.75, 3.05) is 18.8 Å². The van der Waals surface area contributed by atoms with Crippen molar-refractivity contribution in [2.24, 2.45) is 11.7 Å². The first-order valence-electron chi connectivity index (χ1n) is 6.19. The number of nitrogens with one attached hydrogen (secondary N) is 2. The Morgan fingerprint density at radius 1 is 1.45 bits per heavy atom. The molecule has 4 N–H and O–H groups in total. The minimum Gasteiger partial charge on any atom is -0.338 e. The summed E-state index contributed by atoms with van der Waals surface area (Å²) in [7, 11) is 0. The van der Waals surface area contributed by atoms with Crippen LogP contribution in [0, 0.1) is 5.92 Å². The third kappa shape index (κ3) is 5.97. The second kappa shape index (κ2) is 8.48. The molecule has 1 aromatic rings. The quantitative estimate of drug-likeness (QED) is 0.563. The van der Waals surface area contributed by atoms with Crippen LogP contribution in [0.4, 0.5) is 4.79 Å². The zero-order valence-electron chi connectivity index (χ0n) is 11.5. The average molecular weight is 301 g/mol. The second-order valence-electron chi connectivity index (χ2n) is 4.41. The number of amides is 3. The van der Waals surface area contributed by atoms with E-state index in [0.29, 0.717) is 30.7 Å².